The molecule has 1 amide bonds. The van der Waals surface area contributed by atoms with Crippen molar-refractivity contribution in [2.45, 2.75) is 32.4 Å². The molecule has 0 bridgehead atoms. The lowest BCUT2D eigenvalue weighted by Gasteiger charge is -2.35. The zero-order chi connectivity index (χ0) is 14.7. The van der Waals surface area contributed by atoms with E-state index in [0.717, 1.165) is 6.42 Å². The van der Waals surface area contributed by atoms with E-state index in [-0.39, 0.29) is 5.91 Å². The van der Waals surface area contributed by atoms with Crippen LogP contribution in [0.4, 0.5) is 0 Å². The molecule has 0 aromatic carbocycles. The maximum atomic E-state index is 12.4. The number of aromatic nitrogens is 1. The number of thiazole rings is 1. The number of carboxylic acid groups (broad SMARTS) is 1. The number of amides is 1. The van der Waals surface area contributed by atoms with Crippen LogP contribution >= 0.6 is 11.3 Å². The summed E-state index contributed by atoms with van der Waals surface area (Å²) < 4.78 is 4.97. The van der Waals surface area contributed by atoms with E-state index < -0.39 is 12.0 Å². The number of piperidine rings is 1. The summed E-state index contributed by atoms with van der Waals surface area (Å²) in [4.78, 5) is 29.3. The van der Waals surface area contributed by atoms with Crippen molar-refractivity contribution in [3.63, 3.8) is 0 Å². The summed E-state index contributed by atoms with van der Waals surface area (Å²) in [6, 6.07) is -0.751. The number of likely N-dealkylation sites (tertiary alicyclic amines) is 1. The zero-order valence-electron chi connectivity index (χ0n) is 11.5. The van der Waals surface area contributed by atoms with Gasteiger partial charge >= 0.3 is 5.97 Å². The number of methoxy groups -OCH3 is 1. The molecule has 1 N–H and O–H groups in total. The van der Waals surface area contributed by atoms with Crippen LogP contribution in [0.15, 0.2) is 5.38 Å². The minimum atomic E-state index is -0.947. The van der Waals surface area contributed by atoms with Gasteiger partial charge in [-0.3, -0.25) is 4.79 Å². The molecule has 1 aliphatic rings. The Kier molecular flexibility index (Phi) is 4.72. The first-order valence-corrected chi connectivity index (χ1v) is 7.38. The highest BCUT2D eigenvalue weighted by atomic mass is 32.1. The van der Waals surface area contributed by atoms with Gasteiger partial charge in [0.15, 0.2) is 0 Å². The van der Waals surface area contributed by atoms with Gasteiger partial charge in [0.25, 0.3) is 5.91 Å². The van der Waals surface area contributed by atoms with Crippen molar-refractivity contribution in [1.82, 2.24) is 9.88 Å². The first kappa shape index (κ1) is 14.9. The highest BCUT2D eigenvalue weighted by Gasteiger charge is 2.35. The molecule has 2 unspecified atom stereocenters. The number of hydrogen-bond acceptors (Lipinski definition) is 5. The Morgan fingerprint density at radius 2 is 2.35 bits per heavy atom. The van der Waals surface area contributed by atoms with Crippen LogP contribution in [0, 0.1) is 5.92 Å². The van der Waals surface area contributed by atoms with Crippen LogP contribution in [0.25, 0.3) is 0 Å². The van der Waals surface area contributed by atoms with Crippen molar-refractivity contribution < 1.29 is 19.4 Å². The van der Waals surface area contributed by atoms with Crippen LogP contribution in [0.1, 0.15) is 35.3 Å². The number of nitrogens with zero attached hydrogens (tertiary/aromatic N) is 2. The number of rotatable bonds is 4. The van der Waals surface area contributed by atoms with Crippen LogP contribution in [0.5, 0.6) is 0 Å². The molecule has 7 heteroatoms. The van der Waals surface area contributed by atoms with Gasteiger partial charge < -0.3 is 14.7 Å². The zero-order valence-corrected chi connectivity index (χ0v) is 12.4. The maximum absolute atomic E-state index is 12.4. The van der Waals surface area contributed by atoms with E-state index in [0.29, 0.717) is 36.2 Å². The summed E-state index contributed by atoms with van der Waals surface area (Å²) in [5.74, 6) is -0.931. The van der Waals surface area contributed by atoms with Crippen molar-refractivity contribution in [2.75, 3.05) is 13.7 Å². The predicted octanol–water partition coefficient (Wildman–Crippen LogP) is 1.61. The van der Waals surface area contributed by atoms with E-state index in [9.17, 15) is 14.7 Å². The molecule has 0 aliphatic carbocycles. The number of aliphatic carboxylic acids is 1. The summed E-state index contributed by atoms with van der Waals surface area (Å²) in [5.41, 5.74) is 0.308. The van der Waals surface area contributed by atoms with Gasteiger partial charge in [-0.2, -0.15) is 0 Å². The minimum Gasteiger partial charge on any atom is -0.480 e. The predicted molar refractivity (Wildman–Crippen MR) is 73.7 cm³/mol. The Bertz CT molecular complexity index is 502. The fourth-order valence-corrected chi connectivity index (χ4v) is 3.10. The molecule has 1 aromatic rings. The van der Waals surface area contributed by atoms with E-state index in [2.05, 4.69) is 4.98 Å². The van der Waals surface area contributed by atoms with Crippen molar-refractivity contribution in [2.24, 2.45) is 5.92 Å². The second-order valence-electron chi connectivity index (χ2n) is 5.04. The fraction of sp³-hybridized carbons (Fsp3) is 0.615. The van der Waals surface area contributed by atoms with Crippen LogP contribution in [-0.2, 0) is 16.1 Å². The van der Waals surface area contributed by atoms with Gasteiger partial charge in [-0.1, -0.05) is 6.92 Å². The monoisotopic (exact) mass is 298 g/mol. The van der Waals surface area contributed by atoms with Crippen LogP contribution < -0.4 is 0 Å². The van der Waals surface area contributed by atoms with Crippen molar-refractivity contribution in [3.8, 4) is 0 Å². The molecular formula is C13H18N2O4S. The van der Waals surface area contributed by atoms with Crippen molar-refractivity contribution in [1.29, 1.82) is 0 Å². The van der Waals surface area contributed by atoms with Crippen LogP contribution in [-0.4, -0.2) is 46.6 Å². The molecule has 6 nitrogen and oxygen atoms in total. The Labute approximate surface area is 121 Å². The molecule has 0 radical (unpaired) electrons. The second kappa shape index (κ2) is 6.32. The molecule has 110 valence electrons. The smallest absolute Gasteiger partial charge is 0.326 e. The first-order valence-electron chi connectivity index (χ1n) is 6.50. The highest BCUT2D eigenvalue weighted by molar-refractivity contribution is 7.09. The van der Waals surface area contributed by atoms with Crippen LogP contribution in [0.2, 0.25) is 0 Å². The standard InChI is InChI=1S/C13H18N2O4S/c1-8-3-4-15(10(5-8)13(17)18)12(16)9-7-20-11(14-9)6-19-2/h7-8,10H,3-6H2,1-2H3,(H,17,18). The molecular weight excluding hydrogens is 280 g/mol. The summed E-state index contributed by atoms with van der Waals surface area (Å²) in [6.07, 6.45) is 1.32. The first-order chi connectivity index (χ1) is 9.52. The van der Waals surface area contributed by atoms with Gasteiger partial charge in [-0.25, -0.2) is 9.78 Å². The molecule has 0 saturated carbocycles. The van der Waals surface area contributed by atoms with E-state index in [1.807, 2.05) is 6.92 Å². The molecule has 0 spiro atoms. The normalized spacial score (nSPS) is 22.8. The third-order valence-corrected chi connectivity index (χ3v) is 4.27. The lowest BCUT2D eigenvalue weighted by molar-refractivity contribution is -0.144. The molecule has 1 fully saturated rings. The number of carbonyl (C=O) groups excluding carboxylic acids is 1. The van der Waals surface area contributed by atoms with Gasteiger partial charge in [-0.05, 0) is 18.8 Å². The Morgan fingerprint density at radius 3 is 3.00 bits per heavy atom. The molecule has 2 heterocycles. The fourth-order valence-electron chi connectivity index (χ4n) is 2.36. The van der Waals surface area contributed by atoms with E-state index >= 15 is 0 Å². The average Bonchev–Trinajstić information content (AvgIpc) is 2.87. The summed E-state index contributed by atoms with van der Waals surface area (Å²) in [7, 11) is 1.56. The second-order valence-corrected chi connectivity index (χ2v) is 5.98. The molecule has 1 saturated heterocycles. The largest absolute Gasteiger partial charge is 0.480 e. The third kappa shape index (κ3) is 3.16. The molecule has 1 aliphatic heterocycles. The molecule has 1 aromatic heterocycles. The van der Waals surface area contributed by atoms with E-state index in [1.165, 1.54) is 16.2 Å². The number of carboxylic acids is 1. The Balaban J connectivity index is 2.15. The Morgan fingerprint density at radius 1 is 1.60 bits per heavy atom. The quantitative estimate of drug-likeness (QED) is 0.913. The number of ether oxygens (including phenoxy) is 1. The van der Waals surface area contributed by atoms with Crippen molar-refractivity contribution in [3.05, 3.63) is 16.1 Å². The molecule has 20 heavy (non-hydrogen) atoms. The topological polar surface area (TPSA) is 79.7 Å². The van der Waals surface area contributed by atoms with Gasteiger partial charge in [-0.15, -0.1) is 11.3 Å². The number of hydrogen-bond donors (Lipinski definition) is 1. The number of carbonyl (C=O) groups is 2. The van der Waals surface area contributed by atoms with Crippen LogP contribution in [0.3, 0.4) is 0 Å². The highest BCUT2D eigenvalue weighted by Crippen LogP contribution is 2.25. The summed E-state index contributed by atoms with van der Waals surface area (Å²) in [6.45, 7) is 2.84. The summed E-state index contributed by atoms with van der Waals surface area (Å²) in [5, 5.41) is 11.7. The maximum Gasteiger partial charge on any atom is 0.326 e. The Hall–Kier alpha value is -1.47. The lowest BCUT2D eigenvalue weighted by atomic mass is 9.92. The molecule has 2 rings (SSSR count). The SMILES string of the molecule is COCc1nc(C(=O)N2CCC(C)CC2C(=O)O)cs1. The summed E-state index contributed by atoms with van der Waals surface area (Å²) >= 11 is 1.35. The van der Waals surface area contributed by atoms with E-state index in [4.69, 9.17) is 4.74 Å². The average molecular weight is 298 g/mol. The molecule has 2 atom stereocenters. The van der Waals surface area contributed by atoms with Gasteiger partial charge in [0, 0.05) is 19.0 Å². The van der Waals surface area contributed by atoms with Gasteiger partial charge in [0.2, 0.25) is 0 Å². The lowest BCUT2D eigenvalue weighted by Crippen LogP contribution is -2.49. The van der Waals surface area contributed by atoms with Crippen molar-refractivity contribution >= 4 is 23.2 Å². The van der Waals surface area contributed by atoms with Gasteiger partial charge in [0.1, 0.15) is 16.7 Å². The van der Waals surface area contributed by atoms with E-state index in [1.54, 1.807) is 12.5 Å². The third-order valence-electron chi connectivity index (χ3n) is 3.45. The van der Waals surface area contributed by atoms with Gasteiger partial charge in [0.05, 0.1) is 6.61 Å². The minimum absolute atomic E-state index is 0.303.